The summed E-state index contributed by atoms with van der Waals surface area (Å²) in [5.74, 6) is -0.592. The Hall–Kier alpha value is -1.40. The van der Waals surface area contributed by atoms with Gasteiger partial charge in [-0.25, -0.2) is 8.42 Å². The molecule has 0 saturated heterocycles. The summed E-state index contributed by atoms with van der Waals surface area (Å²) in [6.45, 7) is 5.17. The van der Waals surface area contributed by atoms with Crippen LogP contribution < -0.4 is 4.72 Å². The number of nitrogens with one attached hydrogen (secondary N) is 1. The second kappa shape index (κ2) is 5.97. The van der Waals surface area contributed by atoms with E-state index in [-0.39, 0.29) is 18.0 Å². The number of esters is 1. The van der Waals surface area contributed by atoms with Crippen molar-refractivity contribution in [3.63, 3.8) is 0 Å². The number of sulfonamides is 1. The van der Waals surface area contributed by atoms with Crippen molar-refractivity contribution in [1.82, 2.24) is 4.72 Å². The number of aryl methyl sites for hydroxylation is 2. The monoisotopic (exact) mass is 271 g/mol. The third kappa shape index (κ3) is 4.12. The summed E-state index contributed by atoms with van der Waals surface area (Å²) in [4.78, 5) is 11.3. The Morgan fingerprint density at radius 3 is 2.28 bits per heavy atom. The van der Waals surface area contributed by atoms with Crippen molar-refractivity contribution in [3.8, 4) is 0 Å². The molecular formula is C12H17NO4S. The van der Waals surface area contributed by atoms with Crippen molar-refractivity contribution in [2.75, 3.05) is 13.2 Å². The maximum atomic E-state index is 11.9. The molecule has 0 aliphatic heterocycles. The van der Waals surface area contributed by atoms with E-state index in [0.29, 0.717) is 0 Å². The molecule has 0 spiro atoms. The van der Waals surface area contributed by atoms with E-state index in [2.05, 4.69) is 9.46 Å². The quantitative estimate of drug-likeness (QED) is 0.815. The molecule has 0 aromatic heterocycles. The molecule has 1 aromatic rings. The minimum absolute atomic E-state index is 0.157. The summed E-state index contributed by atoms with van der Waals surface area (Å²) in [6, 6.07) is 4.99. The minimum Gasteiger partial charge on any atom is -0.465 e. The molecule has 0 aliphatic rings. The molecule has 100 valence electrons. The Balaban J connectivity index is 2.83. The van der Waals surface area contributed by atoms with Gasteiger partial charge in [-0.05, 0) is 44.0 Å². The first-order valence-corrected chi connectivity index (χ1v) is 7.07. The summed E-state index contributed by atoms with van der Waals surface area (Å²) in [6.07, 6.45) is 0. The van der Waals surface area contributed by atoms with Crippen molar-refractivity contribution < 1.29 is 17.9 Å². The fraction of sp³-hybridized carbons (Fsp3) is 0.417. The van der Waals surface area contributed by atoms with Crippen LogP contribution in [-0.2, 0) is 19.6 Å². The first kappa shape index (κ1) is 14.7. The van der Waals surface area contributed by atoms with Crippen molar-refractivity contribution in [2.24, 2.45) is 0 Å². The van der Waals surface area contributed by atoms with Gasteiger partial charge in [0.15, 0.2) is 0 Å². The van der Waals surface area contributed by atoms with Gasteiger partial charge in [0.25, 0.3) is 0 Å². The number of hydrogen-bond acceptors (Lipinski definition) is 4. The Morgan fingerprint density at radius 1 is 1.22 bits per heavy atom. The number of ether oxygens (including phenoxy) is 1. The van der Waals surface area contributed by atoms with Gasteiger partial charge in [0.05, 0.1) is 11.5 Å². The van der Waals surface area contributed by atoms with E-state index in [0.717, 1.165) is 11.1 Å². The van der Waals surface area contributed by atoms with Crippen LogP contribution in [0.15, 0.2) is 23.1 Å². The van der Waals surface area contributed by atoms with Crippen molar-refractivity contribution in [2.45, 2.75) is 25.7 Å². The SMILES string of the molecule is CCOC(=O)CNS(=O)(=O)c1cc(C)cc(C)c1. The van der Waals surface area contributed by atoms with Crippen LogP contribution in [0.3, 0.4) is 0 Å². The van der Waals surface area contributed by atoms with Crippen LogP contribution in [0.4, 0.5) is 0 Å². The van der Waals surface area contributed by atoms with Gasteiger partial charge >= 0.3 is 5.97 Å². The number of rotatable bonds is 5. The minimum atomic E-state index is -3.67. The molecular weight excluding hydrogens is 254 g/mol. The van der Waals surface area contributed by atoms with Gasteiger partial charge in [-0.15, -0.1) is 0 Å². The van der Waals surface area contributed by atoms with Gasteiger partial charge in [0.1, 0.15) is 6.54 Å². The van der Waals surface area contributed by atoms with Crippen LogP contribution in [0.25, 0.3) is 0 Å². The molecule has 6 heteroatoms. The fourth-order valence-electron chi connectivity index (χ4n) is 1.54. The number of hydrogen-bond donors (Lipinski definition) is 1. The summed E-state index contributed by atoms with van der Waals surface area (Å²) in [5, 5.41) is 0. The highest BCUT2D eigenvalue weighted by molar-refractivity contribution is 7.89. The lowest BCUT2D eigenvalue weighted by atomic mass is 10.2. The summed E-state index contributed by atoms with van der Waals surface area (Å²) < 4.78 is 30.7. The first-order valence-electron chi connectivity index (χ1n) is 5.58. The highest BCUT2D eigenvalue weighted by Gasteiger charge is 2.16. The van der Waals surface area contributed by atoms with Crippen molar-refractivity contribution >= 4 is 16.0 Å². The van der Waals surface area contributed by atoms with Crippen LogP contribution in [0.5, 0.6) is 0 Å². The van der Waals surface area contributed by atoms with Gasteiger partial charge in [-0.3, -0.25) is 4.79 Å². The Bertz CT molecular complexity index is 517. The van der Waals surface area contributed by atoms with Crippen molar-refractivity contribution in [3.05, 3.63) is 29.3 Å². The molecule has 0 saturated carbocycles. The predicted molar refractivity (Wildman–Crippen MR) is 67.7 cm³/mol. The first-order chi connectivity index (χ1) is 8.35. The molecule has 1 aromatic carbocycles. The van der Waals surface area contributed by atoms with E-state index in [9.17, 15) is 13.2 Å². The summed E-state index contributed by atoms with van der Waals surface area (Å²) in [7, 11) is -3.67. The number of benzene rings is 1. The van der Waals surface area contributed by atoms with Gasteiger partial charge in [0.2, 0.25) is 10.0 Å². The van der Waals surface area contributed by atoms with E-state index in [4.69, 9.17) is 0 Å². The molecule has 0 amide bonds. The zero-order valence-electron chi connectivity index (χ0n) is 10.7. The Labute approximate surface area is 107 Å². The van der Waals surface area contributed by atoms with Crippen LogP contribution in [-0.4, -0.2) is 27.5 Å². The zero-order valence-corrected chi connectivity index (χ0v) is 11.5. The molecule has 1 rings (SSSR count). The van der Waals surface area contributed by atoms with Crippen LogP contribution in [0.2, 0.25) is 0 Å². The summed E-state index contributed by atoms with van der Waals surface area (Å²) in [5.41, 5.74) is 1.71. The van der Waals surface area contributed by atoms with E-state index in [1.54, 1.807) is 19.1 Å². The van der Waals surface area contributed by atoms with Crippen LogP contribution in [0.1, 0.15) is 18.1 Å². The average Bonchev–Trinajstić information content (AvgIpc) is 2.26. The lowest BCUT2D eigenvalue weighted by Crippen LogP contribution is -2.30. The van der Waals surface area contributed by atoms with E-state index in [1.165, 1.54) is 0 Å². The topological polar surface area (TPSA) is 72.5 Å². The normalized spacial score (nSPS) is 11.3. The molecule has 0 bridgehead atoms. The van der Waals surface area contributed by atoms with E-state index in [1.807, 2.05) is 19.9 Å². The van der Waals surface area contributed by atoms with E-state index < -0.39 is 16.0 Å². The molecule has 0 unspecified atom stereocenters. The maximum absolute atomic E-state index is 11.9. The zero-order chi connectivity index (χ0) is 13.8. The smallest absolute Gasteiger partial charge is 0.321 e. The molecule has 0 fully saturated rings. The third-order valence-corrected chi connectivity index (χ3v) is 3.60. The molecule has 1 N–H and O–H groups in total. The van der Waals surface area contributed by atoms with Crippen molar-refractivity contribution in [1.29, 1.82) is 0 Å². The number of carbonyl (C=O) groups excluding carboxylic acids is 1. The van der Waals surface area contributed by atoms with Crippen LogP contribution >= 0.6 is 0 Å². The Kier molecular flexibility index (Phi) is 4.86. The number of carbonyl (C=O) groups is 1. The van der Waals surface area contributed by atoms with Gasteiger partial charge in [-0.1, -0.05) is 6.07 Å². The standard InChI is InChI=1S/C12H17NO4S/c1-4-17-12(14)8-13-18(15,16)11-6-9(2)5-10(3)7-11/h5-7,13H,4,8H2,1-3H3. The molecule has 18 heavy (non-hydrogen) atoms. The summed E-state index contributed by atoms with van der Waals surface area (Å²) >= 11 is 0. The van der Waals surface area contributed by atoms with Crippen LogP contribution in [0, 0.1) is 13.8 Å². The molecule has 0 atom stereocenters. The average molecular weight is 271 g/mol. The second-order valence-corrected chi connectivity index (χ2v) is 5.72. The molecule has 0 aliphatic carbocycles. The second-order valence-electron chi connectivity index (χ2n) is 3.95. The van der Waals surface area contributed by atoms with E-state index >= 15 is 0 Å². The highest BCUT2D eigenvalue weighted by atomic mass is 32.2. The lowest BCUT2D eigenvalue weighted by Gasteiger charge is -2.08. The fourth-order valence-corrected chi connectivity index (χ4v) is 2.69. The Morgan fingerprint density at radius 2 is 1.78 bits per heavy atom. The molecule has 0 heterocycles. The largest absolute Gasteiger partial charge is 0.465 e. The molecule has 0 radical (unpaired) electrons. The lowest BCUT2D eigenvalue weighted by molar-refractivity contribution is -0.141. The predicted octanol–water partition coefficient (Wildman–Crippen LogP) is 1.14. The third-order valence-electron chi connectivity index (χ3n) is 2.22. The molecule has 5 nitrogen and oxygen atoms in total. The maximum Gasteiger partial charge on any atom is 0.321 e. The highest BCUT2D eigenvalue weighted by Crippen LogP contribution is 2.13. The van der Waals surface area contributed by atoms with Gasteiger partial charge in [-0.2, -0.15) is 4.72 Å². The van der Waals surface area contributed by atoms with Gasteiger partial charge in [0, 0.05) is 0 Å². The van der Waals surface area contributed by atoms with Gasteiger partial charge < -0.3 is 4.74 Å².